The average molecular weight is 440 g/mol. The Morgan fingerprint density at radius 3 is 2.15 bits per heavy atom. The summed E-state index contributed by atoms with van der Waals surface area (Å²) in [7, 11) is 1.71. The van der Waals surface area contributed by atoms with Crippen molar-refractivity contribution in [3.8, 4) is 16.9 Å². The Balaban J connectivity index is 1.44. The van der Waals surface area contributed by atoms with E-state index in [4.69, 9.17) is 9.73 Å². The summed E-state index contributed by atoms with van der Waals surface area (Å²) in [6, 6.07) is 16.3. The van der Waals surface area contributed by atoms with Crippen molar-refractivity contribution in [3.63, 3.8) is 0 Å². The maximum absolute atomic E-state index is 11.1. The maximum Gasteiger partial charge on any atom is 0.137 e. The fraction of sp³-hybridized carbons (Fsp3) is 0.433. The Kier molecular flexibility index (Phi) is 5.16. The number of aliphatic hydroxyl groups excluding tert-OH is 1. The van der Waals surface area contributed by atoms with Crippen LogP contribution in [0.1, 0.15) is 39.0 Å². The van der Waals surface area contributed by atoms with Crippen LogP contribution >= 0.6 is 0 Å². The number of aliphatic imine (C=N–C) groups is 1. The molecule has 170 valence electrons. The van der Waals surface area contributed by atoms with Gasteiger partial charge in [-0.3, -0.25) is 0 Å². The first-order valence-corrected chi connectivity index (χ1v) is 12.5. The van der Waals surface area contributed by atoms with E-state index in [0.29, 0.717) is 11.7 Å². The highest BCUT2D eigenvalue weighted by Crippen LogP contribution is 2.60. The van der Waals surface area contributed by atoms with Crippen LogP contribution in [-0.4, -0.2) is 17.9 Å². The third-order valence-corrected chi connectivity index (χ3v) is 8.78. The SMILES string of the molecule is COc1ccccc1-c1ccccc1N=C1C(O)=CC=C(C)C1C1C2CC3CC(C2)CC1C3. The van der Waals surface area contributed by atoms with Crippen molar-refractivity contribution >= 4 is 11.4 Å². The van der Waals surface area contributed by atoms with E-state index in [1.165, 1.54) is 37.7 Å². The van der Waals surface area contributed by atoms with Crippen LogP contribution in [0.25, 0.3) is 11.1 Å². The second kappa shape index (κ2) is 8.20. The van der Waals surface area contributed by atoms with Gasteiger partial charge in [-0.15, -0.1) is 0 Å². The predicted molar refractivity (Wildman–Crippen MR) is 134 cm³/mol. The Hall–Kier alpha value is -2.81. The third-order valence-electron chi connectivity index (χ3n) is 8.78. The molecule has 0 radical (unpaired) electrons. The molecular formula is C30H33NO2. The molecule has 0 amide bonds. The molecule has 0 heterocycles. The van der Waals surface area contributed by atoms with Gasteiger partial charge in [0.2, 0.25) is 0 Å². The Morgan fingerprint density at radius 1 is 0.818 bits per heavy atom. The fourth-order valence-electron chi connectivity index (χ4n) is 7.69. The van der Waals surface area contributed by atoms with Gasteiger partial charge in [-0.05, 0) is 86.8 Å². The van der Waals surface area contributed by atoms with Gasteiger partial charge >= 0.3 is 0 Å². The molecule has 4 bridgehead atoms. The van der Waals surface area contributed by atoms with Gasteiger partial charge in [-0.25, -0.2) is 4.99 Å². The second-order valence-electron chi connectivity index (χ2n) is 10.7. The van der Waals surface area contributed by atoms with Gasteiger partial charge in [0.1, 0.15) is 11.5 Å². The molecule has 1 N–H and O–H groups in total. The van der Waals surface area contributed by atoms with Gasteiger partial charge in [0.25, 0.3) is 0 Å². The van der Waals surface area contributed by atoms with Crippen molar-refractivity contribution in [2.24, 2.45) is 40.5 Å². The molecule has 5 aliphatic rings. The van der Waals surface area contributed by atoms with Gasteiger partial charge in [-0.2, -0.15) is 0 Å². The Labute approximate surface area is 196 Å². The normalized spacial score (nSPS) is 33.7. The van der Waals surface area contributed by atoms with Gasteiger partial charge in [0, 0.05) is 17.0 Å². The average Bonchev–Trinajstić information content (AvgIpc) is 2.82. The molecule has 5 aliphatic carbocycles. The number of ether oxygens (including phenoxy) is 1. The molecule has 4 fully saturated rings. The van der Waals surface area contributed by atoms with Crippen molar-refractivity contribution < 1.29 is 9.84 Å². The van der Waals surface area contributed by atoms with E-state index in [9.17, 15) is 5.11 Å². The van der Waals surface area contributed by atoms with Gasteiger partial charge in [0.15, 0.2) is 0 Å². The highest BCUT2D eigenvalue weighted by Gasteiger charge is 2.52. The Morgan fingerprint density at radius 2 is 1.45 bits per heavy atom. The summed E-state index contributed by atoms with van der Waals surface area (Å²) in [6.45, 7) is 2.24. The lowest BCUT2D eigenvalue weighted by Crippen LogP contribution is -2.49. The van der Waals surface area contributed by atoms with Crippen LogP contribution in [0, 0.1) is 35.5 Å². The first-order chi connectivity index (χ1) is 16.1. The third kappa shape index (κ3) is 3.53. The van der Waals surface area contributed by atoms with Crippen LogP contribution < -0.4 is 4.74 Å². The predicted octanol–water partition coefficient (Wildman–Crippen LogP) is 7.53. The summed E-state index contributed by atoms with van der Waals surface area (Å²) in [5, 5.41) is 11.1. The number of methoxy groups -OCH3 is 1. The summed E-state index contributed by atoms with van der Waals surface area (Å²) < 4.78 is 5.65. The van der Waals surface area contributed by atoms with E-state index < -0.39 is 0 Å². The number of benzene rings is 2. The number of hydrogen-bond acceptors (Lipinski definition) is 3. The molecule has 0 aromatic heterocycles. The minimum absolute atomic E-state index is 0.204. The summed E-state index contributed by atoms with van der Waals surface area (Å²) in [5.74, 6) is 5.39. The van der Waals surface area contributed by atoms with Gasteiger partial charge in [0.05, 0.1) is 18.5 Å². The topological polar surface area (TPSA) is 41.8 Å². The van der Waals surface area contributed by atoms with E-state index in [0.717, 1.165) is 51.9 Å². The molecule has 0 aliphatic heterocycles. The summed E-state index contributed by atoms with van der Waals surface area (Å²) in [5.41, 5.74) is 5.15. The summed E-state index contributed by atoms with van der Waals surface area (Å²) in [4.78, 5) is 5.22. The van der Waals surface area contributed by atoms with Crippen molar-refractivity contribution in [2.75, 3.05) is 7.11 Å². The van der Waals surface area contributed by atoms with Gasteiger partial charge < -0.3 is 9.84 Å². The zero-order valence-electron chi connectivity index (χ0n) is 19.6. The molecule has 2 aromatic rings. The minimum atomic E-state index is 0.204. The van der Waals surface area contributed by atoms with Crippen LogP contribution in [-0.2, 0) is 0 Å². The fourth-order valence-corrected chi connectivity index (χ4v) is 7.69. The number of para-hydroxylation sites is 2. The van der Waals surface area contributed by atoms with Gasteiger partial charge in [-0.1, -0.05) is 48.0 Å². The highest BCUT2D eigenvalue weighted by atomic mass is 16.5. The van der Waals surface area contributed by atoms with Crippen LogP contribution in [0.3, 0.4) is 0 Å². The van der Waals surface area contributed by atoms with Crippen molar-refractivity contribution in [2.45, 2.75) is 39.0 Å². The number of rotatable bonds is 4. The number of aliphatic hydroxyl groups is 1. The molecular weight excluding hydrogens is 406 g/mol. The minimum Gasteiger partial charge on any atom is -0.506 e. The lowest BCUT2D eigenvalue weighted by atomic mass is 9.48. The van der Waals surface area contributed by atoms with E-state index in [1.807, 2.05) is 36.4 Å². The first-order valence-electron chi connectivity index (χ1n) is 12.5. The highest BCUT2D eigenvalue weighted by molar-refractivity contribution is 6.05. The van der Waals surface area contributed by atoms with E-state index in [2.05, 4.69) is 31.2 Å². The number of allylic oxidation sites excluding steroid dienone is 4. The second-order valence-corrected chi connectivity index (χ2v) is 10.7. The van der Waals surface area contributed by atoms with E-state index in [-0.39, 0.29) is 5.92 Å². The molecule has 4 saturated carbocycles. The molecule has 3 heteroatoms. The molecule has 1 unspecified atom stereocenters. The lowest BCUT2D eigenvalue weighted by molar-refractivity contribution is -0.0456. The molecule has 33 heavy (non-hydrogen) atoms. The number of nitrogens with zero attached hydrogens (tertiary/aromatic N) is 1. The first kappa shape index (κ1) is 20.8. The standard InChI is InChI=1S/C30H33NO2/c1-18-11-12-26(32)30(28(18)29-21-14-19-13-20(16-21)17-22(29)15-19)31-25-9-5-3-7-23(25)24-8-4-6-10-27(24)33-2/h3-12,19-22,28-29,32H,13-17H2,1-2H3. The molecule has 0 spiro atoms. The molecule has 2 aromatic carbocycles. The molecule has 0 saturated heterocycles. The van der Waals surface area contributed by atoms with Crippen molar-refractivity contribution in [1.29, 1.82) is 0 Å². The zero-order chi connectivity index (χ0) is 22.5. The largest absolute Gasteiger partial charge is 0.506 e. The molecule has 1 atom stereocenters. The van der Waals surface area contributed by atoms with Crippen LogP contribution in [0.5, 0.6) is 5.75 Å². The summed E-state index contributed by atoms with van der Waals surface area (Å²) >= 11 is 0. The Bertz CT molecular complexity index is 1130. The van der Waals surface area contributed by atoms with Crippen molar-refractivity contribution in [1.82, 2.24) is 0 Å². The molecule has 3 nitrogen and oxygen atoms in total. The zero-order valence-corrected chi connectivity index (χ0v) is 19.6. The number of hydrogen-bond donors (Lipinski definition) is 1. The van der Waals surface area contributed by atoms with Crippen LogP contribution in [0.2, 0.25) is 0 Å². The van der Waals surface area contributed by atoms with Crippen LogP contribution in [0.4, 0.5) is 5.69 Å². The smallest absolute Gasteiger partial charge is 0.137 e. The quantitative estimate of drug-likeness (QED) is 0.535. The molecule has 7 rings (SSSR count). The summed E-state index contributed by atoms with van der Waals surface area (Å²) in [6.07, 6.45) is 10.9. The van der Waals surface area contributed by atoms with Crippen molar-refractivity contribution in [3.05, 3.63) is 72.0 Å². The maximum atomic E-state index is 11.1. The lowest BCUT2D eigenvalue weighted by Gasteiger charge is -2.57. The van der Waals surface area contributed by atoms with Crippen LogP contribution in [0.15, 0.2) is 77.0 Å². The van der Waals surface area contributed by atoms with E-state index >= 15 is 0 Å². The monoisotopic (exact) mass is 439 g/mol. The van der Waals surface area contributed by atoms with E-state index in [1.54, 1.807) is 7.11 Å².